The van der Waals surface area contributed by atoms with Crippen molar-refractivity contribution in [1.29, 1.82) is 0 Å². The van der Waals surface area contributed by atoms with Crippen LogP contribution in [0.5, 0.6) is 0 Å². The van der Waals surface area contributed by atoms with Gasteiger partial charge in [-0.1, -0.05) is 18.2 Å². The minimum atomic E-state index is 0.319. The Morgan fingerprint density at radius 3 is 2.82 bits per heavy atom. The second-order valence-corrected chi connectivity index (χ2v) is 5.02. The van der Waals surface area contributed by atoms with Crippen LogP contribution in [-0.2, 0) is 11.2 Å². The third kappa shape index (κ3) is 3.06. The van der Waals surface area contributed by atoms with E-state index in [1.807, 2.05) is 0 Å². The second kappa shape index (κ2) is 5.63. The zero-order chi connectivity index (χ0) is 12.3. The molecule has 1 aliphatic rings. The molecule has 94 valence electrons. The minimum absolute atomic E-state index is 0.319. The molecule has 0 saturated carbocycles. The number of hydrogen-bond donors (Lipinski definition) is 2. The van der Waals surface area contributed by atoms with E-state index in [0.29, 0.717) is 12.0 Å². The van der Waals surface area contributed by atoms with Crippen LogP contribution in [0.4, 0.5) is 0 Å². The molecule has 0 amide bonds. The van der Waals surface area contributed by atoms with E-state index in [2.05, 4.69) is 37.5 Å². The standard InChI is InChI=1S/C14H22N2O/c1-10-3-4-12(7-11(10)2)8-14(16-15)13-5-6-17-9-13/h3-4,7,13-14,16H,5-6,8-9,15H2,1-2H3. The predicted molar refractivity (Wildman–Crippen MR) is 69.7 cm³/mol. The molecule has 2 atom stereocenters. The summed E-state index contributed by atoms with van der Waals surface area (Å²) in [6.45, 7) is 6.00. The van der Waals surface area contributed by atoms with Crippen molar-refractivity contribution in [2.24, 2.45) is 11.8 Å². The zero-order valence-corrected chi connectivity index (χ0v) is 10.7. The summed E-state index contributed by atoms with van der Waals surface area (Å²) in [6, 6.07) is 6.96. The molecule has 2 unspecified atom stereocenters. The van der Waals surface area contributed by atoms with Crippen molar-refractivity contribution in [2.45, 2.75) is 32.7 Å². The molecule has 3 heteroatoms. The molecule has 2 rings (SSSR count). The fourth-order valence-electron chi connectivity index (χ4n) is 2.42. The maximum absolute atomic E-state index is 5.66. The van der Waals surface area contributed by atoms with Gasteiger partial charge in [-0.2, -0.15) is 0 Å². The van der Waals surface area contributed by atoms with Crippen LogP contribution < -0.4 is 11.3 Å². The number of nitrogens with two attached hydrogens (primary N) is 1. The zero-order valence-electron chi connectivity index (χ0n) is 10.7. The second-order valence-electron chi connectivity index (χ2n) is 5.02. The largest absolute Gasteiger partial charge is 0.381 e. The molecule has 1 aliphatic heterocycles. The van der Waals surface area contributed by atoms with E-state index in [9.17, 15) is 0 Å². The lowest BCUT2D eigenvalue weighted by atomic mass is 9.92. The summed E-state index contributed by atoms with van der Waals surface area (Å²) in [5.74, 6) is 6.21. The van der Waals surface area contributed by atoms with Gasteiger partial charge in [0.1, 0.15) is 0 Å². The molecule has 3 N–H and O–H groups in total. The van der Waals surface area contributed by atoms with E-state index in [1.165, 1.54) is 16.7 Å². The van der Waals surface area contributed by atoms with E-state index >= 15 is 0 Å². The first-order valence-electron chi connectivity index (χ1n) is 6.30. The first-order valence-corrected chi connectivity index (χ1v) is 6.30. The summed E-state index contributed by atoms with van der Waals surface area (Å²) in [7, 11) is 0. The molecule has 0 spiro atoms. The van der Waals surface area contributed by atoms with Crippen molar-refractivity contribution in [3.05, 3.63) is 34.9 Å². The van der Waals surface area contributed by atoms with Gasteiger partial charge in [-0.05, 0) is 43.4 Å². The molecule has 1 aromatic carbocycles. The van der Waals surface area contributed by atoms with Gasteiger partial charge in [0.25, 0.3) is 0 Å². The summed E-state index contributed by atoms with van der Waals surface area (Å²) < 4.78 is 5.42. The van der Waals surface area contributed by atoms with Gasteiger partial charge in [-0.3, -0.25) is 11.3 Å². The summed E-state index contributed by atoms with van der Waals surface area (Å²) in [6.07, 6.45) is 2.09. The first-order chi connectivity index (χ1) is 8.20. The van der Waals surface area contributed by atoms with Crippen molar-refractivity contribution in [3.63, 3.8) is 0 Å². The third-order valence-corrected chi connectivity index (χ3v) is 3.77. The van der Waals surface area contributed by atoms with Crippen LogP contribution in [-0.4, -0.2) is 19.3 Å². The van der Waals surface area contributed by atoms with Crippen molar-refractivity contribution in [1.82, 2.24) is 5.43 Å². The molecule has 1 saturated heterocycles. The number of hydrazine groups is 1. The number of hydrogen-bond acceptors (Lipinski definition) is 3. The fraction of sp³-hybridized carbons (Fsp3) is 0.571. The van der Waals surface area contributed by atoms with Crippen LogP contribution in [0.15, 0.2) is 18.2 Å². The summed E-state index contributed by atoms with van der Waals surface area (Å²) in [5, 5.41) is 0. The Hall–Kier alpha value is -0.900. The van der Waals surface area contributed by atoms with Crippen LogP contribution >= 0.6 is 0 Å². The molecule has 3 nitrogen and oxygen atoms in total. The van der Waals surface area contributed by atoms with Gasteiger partial charge in [0.05, 0.1) is 6.61 Å². The van der Waals surface area contributed by atoms with E-state index in [1.54, 1.807) is 0 Å². The Balaban J connectivity index is 2.04. The predicted octanol–water partition coefficient (Wildman–Crippen LogP) is 1.71. The summed E-state index contributed by atoms with van der Waals surface area (Å²) >= 11 is 0. The quantitative estimate of drug-likeness (QED) is 0.616. The smallest absolute Gasteiger partial charge is 0.0510 e. The Morgan fingerprint density at radius 1 is 1.41 bits per heavy atom. The van der Waals surface area contributed by atoms with Crippen molar-refractivity contribution in [3.8, 4) is 0 Å². The fourth-order valence-corrected chi connectivity index (χ4v) is 2.42. The number of nitrogens with one attached hydrogen (secondary N) is 1. The van der Waals surface area contributed by atoms with Crippen molar-refractivity contribution in [2.75, 3.05) is 13.2 Å². The molecular formula is C14H22N2O. The number of aryl methyl sites for hydroxylation is 2. The highest BCUT2D eigenvalue weighted by Crippen LogP contribution is 2.20. The topological polar surface area (TPSA) is 47.3 Å². The molecule has 0 bridgehead atoms. The molecule has 1 aromatic rings. The Bertz CT molecular complexity index is 372. The molecule has 0 aliphatic carbocycles. The summed E-state index contributed by atoms with van der Waals surface area (Å²) in [4.78, 5) is 0. The van der Waals surface area contributed by atoms with Gasteiger partial charge in [0.2, 0.25) is 0 Å². The lowest BCUT2D eigenvalue weighted by Gasteiger charge is -2.21. The van der Waals surface area contributed by atoms with Crippen LogP contribution in [0, 0.1) is 19.8 Å². The third-order valence-electron chi connectivity index (χ3n) is 3.77. The highest BCUT2D eigenvalue weighted by atomic mass is 16.5. The van der Waals surface area contributed by atoms with Crippen LogP contribution in [0.3, 0.4) is 0 Å². The molecular weight excluding hydrogens is 212 g/mol. The monoisotopic (exact) mass is 234 g/mol. The molecule has 1 fully saturated rings. The number of benzene rings is 1. The van der Waals surface area contributed by atoms with E-state index in [4.69, 9.17) is 10.6 Å². The van der Waals surface area contributed by atoms with Crippen LogP contribution in [0.25, 0.3) is 0 Å². The Morgan fingerprint density at radius 2 is 2.24 bits per heavy atom. The van der Waals surface area contributed by atoms with Crippen molar-refractivity contribution < 1.29 is 4.74 Å². The lowest BCUT2D eigenvalue weighted by molar-refractivity contribution is 0.176. The molecule has 1 heterocycles. The normalized spacial score (nSPS) is 21.7. The molecule has 0 aromatic heterocycles. The lowest BCUT2D eigenvalue weighted by Crippen LogP contribution is -2.42. The number of rotatable bonds is 4. The SMILES string of the molecule is Cc1ccc(CC(NN)C2CCOC2)cc1C. The highest BCUT2D eigenvalue weighted by molar-refractivity contribution is 5.30. The van der Waals surface area contributed by atoms with Crippen LogP contribution in [0.2, 0.25) is 0 Å². The van der Waals surface area contributed by atoms with Gasteiger partial charge in [0, 0.05) is 18.6 Å². The van der Waals surface area contributed by atoms with Crippen LogP contribution in [0.1, 0.15) is 23.1 Å². The Labute approximate surface area is 103 Å². The van der Waals surface area contributed by atoms with E-state index in [0.717, 1.165) is 26.1 Å². The maximum Gasteiger partial charge on any atom is 0.0510 e. The van der Waals surface area contributed by atoms with E-state index in [-0.39, 0.29) is 0 Å². The first kappa shape index (κ1) is 12.6. The van der Waals surface area contributed by atoms with Gasteiger partial charge in [-0.15, -0.1) is 0 Å². The van der Waals surface area contributed by atoms with Gasteiger partial charge in [0.15, 0.2) is 0 Å². The maximum atomic E-state index is 5.66. The van der Waals surface area contributed by atoms with Gasteiger partial charge < -0.3 is 4.74 Å². The van der Waals surface area contributed by atoms with Crippen molar-refractivity contribution >= 4 is 0 Å². The average molecular weight is 234 g/mol. The average Bonchev–Trinajstić information content (AvgIpc) is 2.84. The van der Waals surface area contributed by atoms with E-state index < -0.39 is 0 Å². The van der Waals surface area contributed by atoms with Gasteiger partial charge in [-0.25, -0.2) is 0 Å². The van der Waals surface area contributed by atoms with Gasteiger partial charge >= 0.3 is 0 Å². The number of ether oxygens (including phenoxy) is 1. The highest BCUT2D eigenvalue weighted by Gasteiger charge is 2.24. The molecule has 0 radical (unpaired) electrons. The summed E-state index contributed by atoms with van der Waals surface area (Å²) in [5.41, 5.74) is 6.99. The Kier molecular flexibility index (Phi) is 4.15. The minimum Gasteiger partial charge on any atom is -0.381 e. The molecule has 17 heavy (non-hydrogen) atoms.